The summed E-state index contributed by atoms with van der Waals surface area (Å²) in [5.41, 5.74) is 1.77. The second kappa shape index (κ2) is 7.13. The van der Waals surface area contributed by atoms with Gasteiger partial charge in [0.2, 0.25) is 10.0 Å². The van der Waals surface area contributed by atoms with Crippen molar-refractivity contribution in [3.05, 3.63) is 60.8 Å². The molecule has 0 amide bonds. The van der Waals surface area contributed by atoms with E-state index in [4.69, 9.17) is 4.74 Å². The van der Waals surface area contributed by atoms with Crippen molar-refractivity contribution in [1.82, 2.24) is 19.3 Å². The van der Waals surface area contributed by atoms with E-state index in [-0.39, 0.29) is 10.9 Å². The molecule has 8 heteroatoms. The number of nitrogens with zero attached hydrogens (tertiary/aromatic N) is 3. The summed E-state index contributed by atoms with van der Waals surface area (Å²) in [6.45, 7) is 0.469. The van der Waals surface area contributed by atoms with Crippen LogP contribution in [0.25, 0.3) is 11.3 Å². The van der Waals surface area contributed by atoms with E-state index in [0.717, 1.165) is 29.8 Å². The average molecular weight is 384 g/mol. The summed E-state index contributed by atoms with van der Waals surface area (Å²) < 4.78 is 32.8. The molecule has 1 fully saturated rings. The molecule has 140 valence electrons. The molecule has 0 unspecified atom stereocenters. The number of imidazole rings is 1. The predicted octanol–water partition coefficient (Wildman–Crippen LogP) is 3.01. The van der Waals surface area contributed by atoms with Gasteiger partial charge in [0, 0.05) is 24.5 Å². The number of rotatable bonds is 5. The quantitative estimate of drug-likeness (QED) is 0.730. The number of H-pyrrole nitrogens is 1. The maximum atomic E-state index is 13.0. The third-order valence-electron chi connectivity index (χ3n) is 4.74. The monoisotopic (exact) mass is 384 g/mol. The number of nitrogens with one attached hydrogen (secondary N) is 1. The van der Waals surface area contributed by atoms with Crippen molar-refractivity contribution in [2.45, 2.75) is 23.8 Å². The predicted molar refractivity (Wildman–Crippen MR) is 101 cm³/mol. The van der Waals surface area contributed by atoms with Crippen molar-refractivity contribution in [3.8, 4) is 17.0 Å². The number of ether oxygens (including phenoxy) is 1. The molecule has 3 heterocycles. The number of hydrogen-bond donors (Lipinski definition) is 1. The molecule has 0 radical (unpaired) electrons. The summed E-state index contributed by atoms with van der Waals surface area (Å²) in [6, 6.07) is 10.5. The molecule has 27 heavy (non-hydrogen) atoms. The van der Waals surface area contributed by atoms with Crippen LogP contribution >= 0.6 is 0 Å². The summed E-state index contributed by atoms with van der Waals surface area (Å²) >= 11 is 0. The van der Waals surface area contributed by atoms with Gasteiger partial charge in [-0.05, 0) is 37.1 Å². The smallest absolute Gasteiger partial charge is 0.245 e. The Morgan fingerprint density at radius 3 is 2.89 bits per heavy atom. The highest BCUT2D eigenvalue weighted by molar-refractivity contribution is 7.89. The number of benzene rings is 1. The van der Waals surface area contributed by atoms with Gasteiger partial charge in [-0.2, -0.15) is 4.31 Å². The standard InChI is InChI=1S/C19H20N4O3S/c1-26-15-6-2-5-14(11-15)17-13-21-19(22-17)18-8-4-10-23(18)27(24,25)16-7-3-9-20-12-16/h2-3,5-7,9,11-13,18H,4,8,10H2,1H3,(H,21,22)/t18-/m1/s1. The fourth-order valence-corrected chi connectivity index (χ4v) is 5.00. The fraction of sp³-hybridized carbons (Fsp3) is 0.263. The normalized spacial score (nSPS) is 17.9. The summed E-state index contributed by atoms with van der Waals surface area (Å²) in [5.74, 6) is 1.41. The molecule has 7 nitrogen and oxygen atoms in total. The molecule has 1 atom stereocenters. The van der Waals surface area contributed by atoms with Crippen LogP contribution in [-0.4, -0.2) is 41.3 Å². The Balaban J connectivity index is 1.64. The zero-order valence-electron chi connectivity index (χ0n) is 14.9. The Kier molecular flexibility index (Phi) is 4.67. The molecule has 0 spiro atoms. The van der Waals surface area contributed by atoms with E-state index < -0.39 is 10.0 Å². The summed E-state index contributed by atoms with van der Waals surface area (Å²) in [4.78, 5) is 11.9. The van der Waals surface area contributed by atoms with E-state index in [1.807, 2.05) is 24.3 Å². The van der Waals surface area contributed by atoms with Gasteiger partial charge in [0.1, 0.15) is 16.5 Å². The highest BCUT2D eigenvalue weighted by Gasteiger charge is 2.37. The lowest BCUT2D eigenvalue weighted by Gasteiger charge is -2.22. The van der Waals surface area contributed by atoms with Crippen molar-refractivity contribution in [2.75, 3.05) is 13.7 Å². The van der Waals surface area contributed by atoms with E-state index in [9.17, 15) is 8.42 Å². The topological polar surface area (TPSA) is 88.2 Å². The lowest BCUT2D eigenvalue weighted by molar-refractivity contribution is 0.385. The van der Waals surface area contributed by atoms with Crippen LogP contribution in [0.5, 0.6) is 5.75 Å². The van der Waals surface area contributed by atoms with Crippen LogP contribution < -0.4 is 4.74 Å². The zero-order chi connectivity index (χ0) is 18.9. The molecule has 2 aromatic heterocycles. The number of aromatic amines is 1. The summed E-state index contributed by atoms with van der Waals surface area (Å²) in [5, 5.41) is 0. The van der Waals surface area contributed by atoms with Crippen LogP contribution in [-0.2, 0) is 10.0 Å². The third-order valence-corrected chi connectivity index (χ3v) is 6.63. The van der Waals surface area contributed by atoms with Gasteiger partial charge < -0.3 is 9.72 Å². The first-order chi connectivity index (χ1) is 13.1. The van der Waals surface area contributed by atoms with E-state index in [1.54, 1.807) is 31.6 Å². The Hall–Kier alpha value is -2.71. The van der Waals surface area contributed by atoms with Gasteiger partial charge in [-0.25, -0.2) is 13.4 Å². The second-order valence-corrected chi connectivity index (χ2v) is 8.27. The van der Waals surface area contributed by atoms with E-state index >= 15 is 0 Å². The Morgan fingerprint density at radius 1 is 1.22 bits per heavy atom. The van der Waals surface area contributed by atoms with Crippen molar-refractivity contribution in [2.24, 2.45) is 0 Å². The molecular weight excluding hydrogens is 364 g/mol. The Labute approximate surface area is 158 Å². The molecule has 4 rings (SSSR count). The molecule has 0 saturated carbocycles. The number of sulfonamides is 1. The Bertz CT molecular complexity index is 1030. The third kappa shape index (κ3) is 3.33. The molecule has 1 aromatic carbocycles. The highest BCUT2D eigenvalue weighted by Crippen LogP contribution is 2.36. The van der Waals surface area contributed by atoms with Crippen molar-refractivity contribution < 1.29 is 13.2 Å². The van der Waals surface area contributed by atoms with Gasteiger partial charge in [-0.15, -0.1) is 0 Å². The van der Waals surface area contributed by atoms with Gasteiger partial charge >= 0.3 is 0 Å². The van der Waals surface area contributed by atoms with Crippen molar-refractivity contribution in [1.29, 1.82) is 0 Å². The van der Waals surface area contributed by atoms with Crippen molar-refractivity contribution in [3.63, 3.8) is 0 Å². The van der Waals surface area contributed by atoms with Crippen molar-refractivity contribution >= 4 is 10.0 Å². The molecule has 0 aliphatic carbocycles. The number of methoxy groups -OCH3 is 1. The molecule has 1 saturated heterocycles. The fourth-order valence-electron chi connectivity index (χ4n) is 3.38. The SMILES string of the molecule is COc1cccc(-c2cnc([C@H]3CCCN3S(=O)(=O)c3cccnc3)[nH]2)c1. The maximum absolute atomic E-state index is 13.0. The van der Waals surface area contributed by atoms with Gasteiger partial charge in [-0.1, -0.05) is 12.1 Å². The van der Waals surface area contributed by atoms with E-state index in [0.29, 0.717) is 12.4 Å². The average Bonchev–Trinajstić information content (AvgIpc) is 3.38. The number of pyridine rings is 1. The lowest BCUT2D eigenvalue weighted by atomic mass is 10.1. The minimum absolute atomic E-state index is 0.205. The molecule has 1 N–H and O–H groups in total. The highest BCUT2D eigenvalue weighted by atomic mass is 32.2. The lowest BCUT2D eigenvalue weighted by Crippen LogP contribution is -2.31. The van der Waals surface area contributed by atoms with Crippen LogP contribution in [0.3, 0.4) is 0 Å². The van der Waals surface area contributed by atoms with Crippen LogP contribution in [0.2, 0.25) is 0 Å². The molecule has 0 bridgehead atoms. The van der Waals surface area contributed by atoms with Crippen LogP contribution in [0, 0.1) is 0 Å². The van der Waals surface area contributed by atoms with E-state index in [2.05, 4.69) is 15.0 Å². The first-order valence-electron chi connectivity index (χ1n) is 8.71. The minimum Gasteiger partial charge on any atom is -0.497 e. The van der Waals surface area contributed by atoms with Crippen LogP contribution in [0.15, 0.2) is 59.9 Å². The van der Waals surface area contributed by atoms with E-state index in [1.165, 1.54) is 10.5 Å². The van der Waals surface area contributed by atoms with Gasteiger partial charge in [0.05, 0.1) is 25.0 Å². The summed E-state index contributed by atoms with van der Waals surface area (Å²) in [7, 11) is -1.99. The molecule has 1 aliphatic rings. The first kappa shape index (κ1) is 17.7. The van der Waals surface area contributed by atoms with Gasteiger partial charge in [0.25, 0.3) is 0 Å². The number of aromatic nitrogens is 3. The molecule has 1 aliphatic heterocycles. The van der Waals surface area contributed by atoms with Crippen LogP contribution in [0.1, 0.15) is 24.7 Å². The first-order valence-corrected chi connectivity index (χ1v) is 10.1. The van der Waals surface area contributed by atoms with Crippen LogP contribution in [0.4, 0.5) is 0 Å². The maximum Gasteiger partial charge on any atom is 0.245 e. The summed E-state index contributed by atoms with van der Waals surface area (Å²) in [6.07, 6.45) is 6.20. The number of hydrogen-bond acceptors (Lipinski definition) is 5. The Morgan fingerprint density at radius 2 is 2.11 bits per heavy atom. The largest absolute Gasteiger partial charge is 0.497 e. The second-order valence-electron chi connectivity index (χ2n) is 6.38. The molecular formula is C19H20N4O3S. The minimum atomic E-state index is -3.61. The van der Waals surface area contributed by atoms with Gasteiger partial charge in [-0.3, -0.25) is 4.98 Å². The van der Waals surface area contributed by atoms with Gasteiger partial charge in [0.15, 0.2) is 0 Å². The molecule has 3 aromatic rings. The zero-order valence-corrected chi connectivity index (χ0v) is 15.7.